The zero-order valence-corrected chi connectivity index (χ0v) is 29.5. The standard InChI is InChI=1S/C41H53N3O5/c1-27(46)42-24-29-9-7-11-32(21-29)33-12-8-13-34(22-33)40-48-35(23-38(49-40)31-17-15-28(26-45)16-18-31)25-44-36-14-6-5-10-30(36)19-20-37(44)39(47)43-41(2,3)4/h7-9,11-13,15-18,21-22,30,35-38,40,45H,5-6,10,14,19-20,23-26H2,1-4H3,(H,42,46)(H,43,47). The van der Waals surface area contributed by atoms with Crippen LogP contribution in [0, 0.1) is 5.92 Å². The van der Waals surface area contributed by atoms with Gasteiger partial charge in [-0.2, -0.15) is 0 Å². The summed E-state index contributed by atoms with van der Waals surface area (Å²) in [6, 6.07) is 24.7. The van der Waals surface area contributed by atoms with Gasteiger partial charge in [0.05, 0.1) is 24.9 Å². The number of nitrogens with one attached hydrogen (secondary N) is 2. The van der Waals surface area contributed by atoms with Gasteiger partial charge in [-0.1, -0.05) is 73.5 Å². The molecule has 8 heteroatoms. The van der Waals surface area contributed by atoms with Gasteiger partial charge in [0.2, 0.25) is 11.8 Å². The minimum atomic E-state index is -0.599. The summed E-state index contributed by atoms with van der Waals surface area (Å²) in [7, 11) is 0. The van der Waals surface area contributed by atoms with Gasteiger partial charge in [0.25, 0.3) is 0 Å². The van der Waals surface area contributed by atoms with Gasteiger partial charge in [0, 0.05) is 43.6 Å². The zero-order chi connectivity index (χ0) is 34.5. The second-order valence-corrected chi connectivity index (χ2v) is 15.2. The number of carbonyl (C=O) groups is 2. The third-order valence-electron chi connectivity index (χ3n) is 10.3. The first-order valence-electron chi connectivity index (χ1n) is 18.1. The predicted octanol–water partition coefficient (Wildman–Crippen LogP) is 6.97. The van der Waals surface area contributed by atoms with Crippen LogP contribution in [-0.2, 0) is 32.2 Å². The van der Waals surface area contributed by atoms with Crippen LogP contribution in [0.3, 0.4) is 0 Å². The molecule has 0 spiro atoms. The quantitative estimate of drug-likeness (QED) is 0.228. The summed E-state index contributed by atoms with van der Waals surface area (Å²) in [5.74, 6) is 0.673. The lowest BCUT2D eigenvalue weighted by atomic mass is 9.75. The van der Waals surface area contributed by atoms with Crippen molar-refractivity contribution >= 4 is 11.8 Å². The van der Waals surface area contributed by atoms with E-state index in [0.717, 1.165) is 52.6 Å². The van der Waals surface area contributed by atoms with Gasteiger partial charge in [-0.15, -0.1) is 0 Å². The lowest BCUT2D eigenvalue weighted by Gasteiger charge is -2.50. The fourth-order valence-electron chi connectivity index (χ4n) is 7.95. The molecule has 49 heavy (non-hydrogen) atoms. The number of rotatable bonds is 9. The number of likely N-dealkylation sites (tertiary alicyclic amines) is 1. The van der Waals surface area contributed by atoms with Crippen molar-refractivity contribution in [2.75, 3.05) is 6.54 Å². The van der Waals surface area contributed by atoms with E-state index >= 15 is 0 Å². The third-order valence-corrected chi connectivity index (χ3v) is 10.3. The van der Waals surface area contributed by atoms with E-state index in [4.69, 9.17) is 9.47 Å². The van der Waals surface area contributed by atoms with Crippen molar-refractivity contribution in [2.24, 2.45) is 5.92 Å². The maximum atomic E-state index is 13.8. The van der Waals surface area contributed by atoms with Crippen molar-refractivity contribution in [1.29, 1.82) is 0 Å². The molecule has 0 radical (unpaired) electrons. The van der Waals surface area contributed by atoms with Crippen LogP contribution in [0.2, 0.25) is 0 Å². The number of aliphatic hydroxyl groups excluding tert-OH is 1. The number of fused-ring (bicyclic) bond motifs is 1. The topological polar surface area (TPSA) is 100 Å². The van der Waals surface area contributed by atoms with Gasteiger partial charge in [0.1, 0.15) is 0 Å². The molecule has 1 aliphatic carbocycles. The molecule has 2 heterocycles. The van der Waals surface area contributed by atoms with Crippen molar-refractivity contribution in [3.63, 3.8) is 0 Å². The van der Waals surface area contributed by atoms with Crippen molar-refractivity contribution in [1.82, 2.24) is 15.5 Å². The molecule has 3 aromatic carbocycles. The van der Waals surface area contributed by atoms with Crippen LogP contribution in [0.1, 0.15) is 107 Å². The molecule has 6 rings (SSSR count). The Kier molecular flexibility index (Phi) is 11.2. The summed E-state index contributed by atoms with van der Waals surface area (Å²) in [5, 5.41) is 15.8. The summed E-state index contributed by atoms with van der Waals surface area (Å²) in [6.45, 7) is 8.81. The van der Waals surface area contributed by atoms with E-state index in [1.165, 1.54) is 26.2 Å². The Morgan fingerprint density at radius 3 is 2.33 bits per heavy atom. The lowest BCUT2D eigenvalue weighted by molar-refractivity contribution is -0.255. The minimum Gasteiger partial charge on any atom is -0.392 e. The summed E-state index contributed by atoms with van der Waals surface area (Å²) in [4.78, 5) is 27.8. The molecule has 3 fully saturated rings. The van der Waals surface area contributed by atoms with E-state index in [2.05, 4.69) is 45.9 Å². The Morgan fingerprint density at radius 2 is 1.59 bits per heavy atom. The molecule has 8 nitrogen and oxygen atoms in total. The van der Waals surface area contributed by atoms with Crippen LogP contribution in [0.5, 0.6) is 0 Å². The summed E-state index contributed by atoms with van der Waals surface area (Å²) in [6.07, 6.45) is 6.47. The first kappa shape index (κ1) is 35.3. The lowest BCUT2D eigenvalue weighted by Crippen LogP contribution is -2.61. The molecule has 6 unspecified atom stereocenters. The molecule has 262 valence electrons. The number of carbonyl (C=O) groups excluding carboxylic acids is 2. The number of hydrogen-bond donors (Lipinski definition) is 3. The molecule has 0 bridgehead atoms. The normalized spacial score (nSPS) is 26.1. The minimum absolute atomic E-state index is 0.00545. The van der Waals surface area contributed by atoms with Crippen LogP contribution in [0.15, 0.2) is 72.8 Å². The molecule has 3 aliphatic rings. The van der Waals surface area contributed by atoms with Crippen LogP contribution in [0.4, 0.5) is 0 Å². The van der Waals surface area contributed by atoms with Crippen LogP contribution < -0.4 is 10.6 Å². The van der Waals surface area contributed by atoms with Crippen molar-refractivity contribution < 1.29 is 24.2 Å². The van der Waals surface area contributed by atoms with Crippen LogP contribution in [-0.4, -0.2) is 52.1 Å². The summed E-state index contributed by atoms with van der Waals surface area (Å²) < 4.78 is 13.6. The number of piperidine rings is 1. The van der Waals surface area contributed by atoms with Gasteiger partial charge in [-0.3, -0.25) is 14.5 Å². The van der Waals surface area contributed by atoms with E-state index in [-0.39, 0.29) is 42.2 Å². The molecule has 6 atom stereocenters. The van der Waals surface area contributed by atoms with Crippen molar-refractivity contribution in [2.45, 2.75) is 122 Å². The average molecular weight is 668 g/mol. The predicted molar refractivity (Wildman–Crippen MR) is 191 cm³/mol. The average Bonchev–Trinajstić information content (AvgIpc) is 3.10. The second-order valence-electron chi connectivity index (χ2n) is 15.2. The number of ether oxygens (including phenoxy) is 2. The first-order chi connectivity index (χ1) is 23.6. The number of amides is 2. The van der Waals surface area contributed by atoms with E-state index in [1.54, 1.807) is 0 Å². The Bertz CT molecular complexity index is 1580. The molecule has 0 aromatic heterocycles. The van der Waals surface area contributed by atoms with E-state index in [9.17, 15) is 14.7 Å². The largest absolute Gasteiger partial charge is 0.392 e. The fraction of sp³-hybridized carbons (Fsp3) is 0.512. The molecule has 3 N–H and O–H groups in total. The maximum Gasteiger partial charge on any atom is 0.237 e. The second kappa shape index (κ2) is 15.5. The molecule has 2 saturated heterocycles. The monoisotopic (exact) mass is 667 g/mol. The SMILES string of the molecule is CC(=O)NCc1cccc(-c2cccc(C3OC(CN4C(C(=O)NC(C)(C)C)CCC5CCCCC54)CC(c4ccc(CO)cc4)O3)c2)c1. The Hall–Kier alpha value is -3.56. The van der Waals surface area contributed by atoms with Gasteiger partial charge < -0.3 is 25.2 Å². The van der Waals surface area contributed by atoms with Gasteiger partial charge >= 0.3 is 0 Å². The fourth-order valence-corrected chi connectivity index (χ4v) is 7.95. The maximum absolute atomic E-state index is 13.8. The summed E-state index contributed by atoms with van der Waals surface area (Å²) in [5.41, 5.74) is 5.67. The highest BCUT2D eigenvalue weighted by atomic mass is 16.7. The van der Waals surface area contributed by atoms with Crippen molar-refractivity contribution in [3.8, 4) is 11.1 Å². The van der Waals surface area contributed by atoms with Gasteiger partial charge in [-0.25, -0.2) is 0 Å². The number of benzene rings is 3. The number of hydrogen-bond acceptors (Lipinski definition) is 6. The van der Waals surface area contributed by atoms with Gasteiger partial charge in [-0.05, 0) is 92.3 Å². The molecular weight excluding hydrogens is 614 g/mol. The van der Waals surface area contributed by atoms with Crippen LogP contribution in [0.25, 0.3) is 11.1 Å². The van der Waals surface area contributed by atoms with E-state index in [1.807, 2.05) is 63.2 Å². The molecular formula is C41H53N3O5. The Morgan fingerprint density at radius 1 is 0.857 bits per heavy atom. The van der Waals surface area contributed by atoms with E-state index in [0.29, 0.717) is 31.5 Å². The van der Waals surface area contributed by atoms with Crippen LogP contribution >= 0.6 is 0 Å². The Balaban J connectivity index is 1.29. The highest BCUT2D eigenvalue weighted by Crippen LogP contribution is 2.42. The molecule has 2 aliphatic heterocycles. The van der Waals surface area contributed by atoms with Crippen molar-refractivity contribution in [3.05, 3.63) is 95.1 Å². The summed E-state index contributed by atoms with van der Waals surface area (Å²) >= 11 is 0. The zero-order valence-electron chi connectivity index (χ0n) is 29.5. The molecule has 1 saturated carbocycles. The molecule has 3 aromatic rings. The van der Waals surface area contributed by atoms with E-state index < -0.39 is 6.29 Å². The molecule has 2 amide bonds. The third kappa shape index (κ3) is 8.97. The smallest absolute Gasteiger partial charge is 0.237 e. The highest BCUT2D eigenvalue weighted by Gasteiger charge is 2.44. The van der Waals surface area contributed by atoms with Gasteiger partial charge in [0.15, 0.2) is 6.29 Å². The Labute approximate surface area is 291 Å². The number of aliphatic hydroxyl groups is 1. The number of nitrogens with zero attached hydrogens (tertiary/aromatic N) is 1. The highest BCUT2D eigenvalue weighted by molar-refractivity contribution is 5.82. The first-order valence-corrected chi connectivity index (χ1v) is 18.1.